The summed E-state index contributed by atoms with van der Waals surface area (Å²) >= 11 is 0. The molecule has 154 valence electrons. The zero-order valence-electron chi connectivity index (χ0n) is 18.2. The molecule has 0 radical (unpaired) electrons. The molecule has 2 atom stereocenters. The number of hydrogen-bond acceptors (Lipinski definition) is 3. The Morgan fingerprint density at radius 1 is 1.11 bits per heavy atom. The van der Waals surface area contributed by atoms with E-state index in [9.17, 15) is 9.90 Å². The summed E-state index contributed by atoms with van der Waals surface area (Å²) in [5, 5.41) is 10.9. The second-order valence-electron chi connectivity index (χ2n) is 8.76. The van der Waals surface area contributed by atoms with Crippen molar-refractivity contribution in [2.75, 3.05) is 0 Å². The van der Waals surface area contributed by atoms with Crippen LogP contribution in [0.3, 0.4) is 0 Å². The van der Waals surface area contributed by atoms with Gasteiger partial charge in [0.15, 0.2) is 5.78 Å². The van der Waals surface area contributed by atoms with Gasteiger partial charge in [0, 0.05) is 12.0 Å². The molecule has 2 unspecified atom stereocenters. The second kappa shape index (κ2) is 8.31. The zero-order chi connectivity index (χ0) is 20.5. The van der Waals surface area contributed by atoms with Crippen molar-refractivity contribution in [2.45, 2.75) is 97.5 Å². The van der Waals surface area contributed by atoms with Gasteiger partial charge in [0.2, 0.25) is 0 Å². The van der Waals surface area contributed by atoms with Crippen molar-refractivity contribution in [2.24, 2.45) is 5.92 Å². The molecule has 0 amide bonds. The largest absolute Gasteiger partial charge is 0.507 e. The van der Waals surface area contributed by atoms with Gasteiger partial charge < -0.3 is 9.84 Å². The highest BCUT2D eigenvalue weighted by Gasteiger charge is 2.46. The van der Waals surface area contributed by atoms with Crippen molar-refractivity contribution in [3.63, 3.8) is 0 Å². The standard InChI is InChI=1S/C25H36O3/c1-6-9-10-11-16(4)17(5)18-14-21(27)23-19-12-13-20(26)24(19)25(7-2,8-3)28-22(23)15-18/h14-17,27H,6-13H2,1-5H3. The van der Waals surface area contributed by atoms with Gasteiger partial charge in [-0.25, -0.2) is 0 Å². The summed E-state index contributed by atoms with van der Waals surface area (Å²) in [4.78, 5) is 12.6. The minimum Gasteiger partial charge on any atom is -0.507 e. The Morgan fingerprint density at radius 3 is 2.46 bits per heavy atom. The van der Waals surface area contributed by atoms with E-state index < -0.39 is 5.60 Å². The Labute approximate surface area is 170 Å². The Hall–Kier alpha value is -1.77. The lowest BCUT2D eigenvalue weighted by atomic mass is 9.79. The van der Waals surface area contributed by atoms with Gasteiger partial charge in [0.25, 0.3) is 0 Å². The van der Waals surface area contributed by atoms with E-state index >= 15 is 0 Å². The molecule has 0 bridgehead atoms. The van der Waals surface area contributed by atoms with Crippen molar-refractivity contribution in [1.82, 2.24) is 0 Å². The van der Waals surface area contributed by atoms with Crippen LogP contribution in [-0.4, -0.2) is 16.5 Å². The average Bonchev–Trinajstić information content (AvgIpc) is 3.08. The molecular formula is C25H36O3. The predicted octanol–water partition coefficient (Wildman–Crippen LogP) is 6.78. The van der Waals surface area contributed by atoms with Crippen LogP contribution in [-0.2, 0) is 4.79 Å². The average molecular weight is 385 g/mol. The van der Waals surface area contributed by atoms with E-state index in [1.807, 2.05) is 6.07 Å². The van der Waals surface area contributed by atoms with Gasteiger partial charge in [0.05, 0.1) is 5.56 Å². The monoisotopic (exact) mass is 384 g/mol. The quantitative estimate of drug-likeness (QED) is 0.502. The highest BCUT2D eigenvalue weighted by molar-refractivity contribution is 6.10. The van der Waals surface area contributed by atoms with E-state index in [0.29, 0.717) is 24.7 Å². The number of carbonyl (C=O) groups is 1. The van der Waals surface area contributed by atoms with E-state index in [0.717, 1.165) is 40.9 Å². The van der Waals surface area contributed by atoms with Gasteiger partial charge in [-0.1, -0.05) is 60.3 Å². The highest BCUT2D eigenvalue weighted by atomic mass is 16.5. The van der Waals surface area contributed by atoms with E-state index in [1.165, 1.54) is 25.7 Å². The van der Waals surface area contributed by atoms with Crippen LogP contribution >= 0.6 is 0 Å². The van der Waals surface area contributed by atoms with Gasteiger partial charge in [-0.3, -0.25) is 4.79 Å². The number of phenolic OH excluding ortho intramolecular Hbond substituents is 1. The fourth-order valence-electron chi connectivity index (χ4n) is 5.01. The number of ether oxygens (including phenoxy) is 1. The predicted molar refractivity (Wildman–Crippen MR) is 115 cm³/mol. The molecule has 0 aromatic heterocycles. The molecular weight excluding hydrogens is 348 g/mol. The molecule has 1 aliphatic carbocycles. The van der Waals surface area contributed by atoms with Crippen molar-refractivity contribution in [3.8, 4) is 11.5 Å². The zero-order valence-corrected chi connectivity index (χ0v) is 18.2. The Bertz CT molecular complexity index is 770. The van der Waals surface area contributed by atoms with Crippen LogP contribution in [0.5, 0.6) is 11.5 Å². The number of rotatable bonds is 8. The molecule has 28 heavy (non-hydrogen) atoms. The SMILES string of the molecule is CCCCCC(C)C(C)c1cc(O)c2c(c1)OC(CC)(CC)C1=C2CCC1=O. The normalized spacial score (nSPS) is 19.8. The first-order valence-electron chi connectivity index (χ1n) is 11.2. The van der Waals surface area contributed by atoms with Crippen LogP contribution in [0.4, 0.5) is 0 Å². The summed E-state index contributed by atoms with van der Waals surface area (Å²) in [7, 11) is 0. The summed E-state index contributed by atoms with van der Waals surface area (Å²) in [5.74, 6) is 2.13. The topological polar surface area (TPSA) is 46.5 Å². The summed E-state index contributed by atoms with van der Waals surface area (Å²) in [6.07, 6.45) is 7.73. The van der Waals surface area contributed by atoms with Crippen LogP contribution in [0.1, 0.15) is 103 Å². The fraction of sp³-hybridized carbons (Fsp3) is 0.640. The molecule has 1 aromatic carbocycles. The number of allylic oxidation sites excluding steroid dienone is 1. The van der Waals surface area contributed by atoms with E-state index in [1.54, 1.807) is 0 Å². The maximum absolute atomic E-state index is 12.6. The first-order valence-corrected chi connectivity index (χ1v) is 11.2. The number of carbonyl (C=O) groups excluding carboxylic acids is 1. The number of unbranched alkanes of at least 4 members (excludes halogenated alkanes) is 2. The van der Waals surface area contributed by atoms with Crippen molar-refractivity contribution < 1.29 is 14.6 Å². The molecule has 3 rings (SSSR count). The Balaban J connectivity index is 2.00. The minimum absolute atomic E-state index is 0.186. The number of phenols is 1. The van der Waals surface area contributed by atoms with E-state index in [-0.39, 0.29) is 11.5 Å². The molecule has 0 fully saturated rings. The molecule has 1 N–H and O–H groups in total. The molecule has 3 heteroatoms. The van der Waals surface area contributed by atoms with Crippen LogP contribution in [0.2, 0.25) is 0 Å². The summed E-state index contributed by atoms with van der Waals surface area (Å²) in [5.41, 5.74) is 3.18. The number of ketones is 1. The number of aromatic hydroxyl groups is 1. The maximum Gasteiger partial charge on any atom is 0.163 e. The van der Waals surface area contributed by atoms with Crippen molar-refractivity contribution in [3.05, 3.63) is 28.8 Å². The molecule has 1 aromatic rings. The first kappa shape index (κ1) is 21.0. The number of Topliss-reactive ketones (excluding diaryl/α,β-unsaturated/α-hetero) is 1. The van der Waals surface area contributed by atoms with E-state index in [2.05, 4.69) is 40.7 Å². The highest BCUT2D eigenvalue weighted by Crippen LogP contribution is 2.53. The van der Waals surface area contributed by atoms with Crippen molar-refractivity contribution in [1.29, 1.82) is 0 Å². The number of hydrogen-bond donors (Lipinski definition) is 1. The molecule has 1 heterocycles. The van der Waals surface area contributed by atoms with Crippen LogP contribution < -0.4 is 4.74 Å². The lowest BCUT2D eigenvalue weighted by molar-refractivity contribution is -0.116. The Kier molecular flexibility index (Phi) is 6.21. The summed E-state index contributed by atoms with van der Waals surface area (Å²) in [6.45, 7) is 11.0. The molecule has 2 aliphatic rings. The van der Waals surface area contributed by atoms with Gasteiger partial charge >= 0.3 is 0 Å². The summed E-state index contributed by atoms with van der Waals surface area (Å²) < 4.78 is 6.51. The number of fused-ring (bicyclic) bond motifs is 2. The molecule has 1 aliphatic heterocycles. The van der Waals surface area contributed by atoms with Crippen LogP contribution in [0, 0.1) is 5.92 Å². The third-order valence-corrected chi connectivity index (χ3v) is 7.13. The van der Waals surface area contributed by atoms with Crippen molar-refractivity contribution >= 4 is 11.4 Å². The van der Waals surface area contributed by atoms with Crippen LogP contribution in [0.15, 0.2) is 17.7 Å². The molecule has 0 saturated heterocycles. The lowest BCUT2D eigenvalue weighted by Crippen LogP contribution is -2.41. The molecule has 0 spiro atoms. The second-order valence-corrected chi connectivity index (χ2v) is 8.76. The third kappa shape index (κ3) is 3.49. The first-order chi connectivity index (χ1) is 13.4. The molecule has 3 nitrogen and oxygen atoms in total. The van der Waals surface area contributed by atoms with E-state index in [4.69, 9.17) is 4.74 Å². The summed E-state index contributed by atoms with van der Waals surface area (Å²) in [6, 6.07) is 4.03. The van der Waals surface area contributed by atoms with Gasteiger partial charge in [0.1, 0.15) is 17.1 Å². The van der Waals surface area contributed by atoms with Gasteiger partial charge in [-0.05, 0) is 54.4 Å². The number of benzene rings is 1. The lowest BCUT2D eigenvalue weighted by Gasteiger charge is -2.39. The van der Waals surface area contributed by atoms with Crippen LogP contribution in [0.25, 0.3) is 5.57 Å². The molecule has 0 saturated carbocycles. The fourth-order valence-corrected chi connectivity index (χ4v) is 5.01. The van der Waals surface area contributed by atoms with Gasteiger partial charge in [-0.2, -0.15) is 0 Å². The minimum atomic E-state index is -0.545. The Morgan fingerprint density at radius 2 is 1.82 bits per heavy atom. The maximum atomic E-state index is 12.6. The van der Waals surface area contributed by atoms with Gasteiger partial charge in [-0.15, -0.1) is 0 Å². The smallest absolute Gasteiger partial charge is 0.163 e. The third-order valence-electron chi connectivity index (χ3n) is 7.13.